The summed E-state index contributed by atoms with van der Waals surface area (Å²) in [6, 6.07) is 8.76. The maximum absolute atomic E-state index is 13.8. The van der Waals surface area contributed by atoms with Gasteiger partial charge in [0.15, 0.2) is 11.6 Å². The van der Waals surface area contributed by atoms with Gasteiger partial charge in [0.1, 0.15) is 5.82 Å². The third-order valence-corrected chi connectivity index (χ3v) is 4.13. The van der Waals surface area contributed by atoms with E-state index in [1.54, 1.807) is 50.1 Å². The molecular formula is C19H22F2N2O2. The van der Waals surface area contributed by atoms with Crippen molar-refractivity contribution in [3.63, 3.8) is 0 Å². The van der Waals surface area contributed by atoms with Gasteiger partial charge in [0.05, 0.1) is 13.2 Å². The molecule has 0 aliphatic heterocycles. The molecule has 0 spiro atoms. The molecule has 1 atom stereocenters. The fourth-order valence-corrected chi connectivity index (χ4v) is 2.35. The third kappa shape index (κ3) is 4.76. The molecule has 0 aliphatic carbocycles. The summed E-state index contributed by atoms with van der Waals surface area (Å²) in [7, 11) is 3.17. The van der Waals surface area contributed by atoms with Crippen molar-refractivity contribution in [2.75, 3.05) is 19.5 Å². The molecule has 1 amide bonds. The number of hydrogen-bond donors (Lipinski definition) is 1. The van der Waals surface area contributed by atoms with E-state index in [9.17, 15) is 13.6 Å². The fourth-order valence-electron chi connectivity index (χ4n) is 2.35. The van der Waals surface area contributed by atoms with Crippen LogP contribution < -0.4 is 10.1 Å². The molecule has 2 aromatic carbocycles. The summed E-state index contributed by atoms with van der Waals surface area (Å²) in [5, 5.41) is 2.69. The molecule has 2 aromatic rings. The van der Waals surface area contributed by atoms with Gasteiger partial charge in [-0.25, -0.2) is 8.78 Å². The monoisotopic (exact) mass is 348 g/mol. The van der Waals surface area contributed by atoms with Crippen molar-refractivity contribution in [1.82, 2.24) is 4.90 Å². The lowest BCUT2D eigenvalue weighted by Gasteiger charge is -2.24. The number of rotatable bonds is 6. The average Bonchev–Trinajstić information content (AvgIpc) is 2.57. The first-order valence-electron chi connectivity index (χ1n) is 7.91. The highest BCUT2D eigenvalue weighted by Gasteiger charge is 2.19. The normalized spacial score (nSPS) is 12.1. The van der Waals surface area contributed by atoms with Crippen LogP contribution in [0.2, 0.25) is 0 Å². The number of benzene rings is 2. The van der Waals surface area contributed by atoms with Crippen LogP contribution in [0.15, 0.2) is 36.4 Å². The number of anilines is 1. The molecule has 2 rings (SSSR count). The van der Waals surface area contributed by atoms with Crippen molar-refractivity contribution in [2.24, 2.45) is 0 Å². The number of nitrogens with zero attached hydrogens (tertiary/aromatic N) is 1. The molecule has 6 heteroatoms. The van der Waals surface area contributed by atoms with E-state index in [0.29, 0.717) is 17.8 Å². The summed E-state index contributed by atoms with van der Waals surface area (Å²) < 4.78 is 32.2. The largest absolute Gasteiger partial charge is 0.494 e. The lowest BCUT2D eigenvalue weighted by molar-refractivity contribution is -0.120. The van der Waals surface area contributed by atoms with E-state index in [0.717, 1.165) is 5.56 Å². The highest BCUT2D eigenvalue weighted by Crippen LogP contribution is 2.19. The van der Waals surface area contributed by atoms with Crippen LogP contribution in [-0.4, -0.2) is 31.0 Å². The molecule has 0 fully saturated rings. The molecule has 0 aromatic heterocycles. The molecule has 1 N–H and O–H groups in total. The van der Waals surface area contributed by atoms with Crippen molar-refractivity contribution in [1.29, 1.82) is 0 Å². The SMILES string of the molecule is COc1ccc(CN(C)C(C)C(=O)Nc2ccc(C)c(F)c2)cc1F. The molecule has 25 heavy (non-hydrogen) atoms. The number of ether oxygens (including phenoxy) is 1. The van der Waals surface area contributed by atoms with Crippen LogP contribution in [0.5, 0.6) is 5.75 Å². The Bertz CT molecular complexity index is 765. The standard InChI is InChI=1S/C19H22F2N2O2/c1-12-5-7-15(10-16(12)20)22-19(24)13(2)23(3)11-14-6-8-18(25-4)17(21)9-14/h5-10,13H,11H2,1-4H3,(H,22,24). The van der Waals surface area contributed by atoms with Crippen LogP contribution in [0.25, 0.3) is 0 Å². The number of nitrogens with one attached hydrogen (secondary N) is 1. The van der Waals surface area contributed by atoms with Gasteiger partial charge >= 0.3 is 0 Å². The average molecular weight is 348 g/mol. The topological polar surface area (TPSA) is 41.6 Å². The zero-order valence-corrected chi connectivity index (χ0v) is 14.8. The number of methoxy groups -OCH3 is 1. The van der Waals surface area contributed by atoms with Gasteiger partial charge in [0.25, 0.3) is 0 Å². The number of carbonyl (C=O) groups is 1. The molecule has 0 radical (unpaired) electrons. The molecule has 1 unspecified atom stereocenters. The number of likely N-dealkylation sites (N-methyl/N-ethyl adjacent to an activating group) is 1. The van der Waals surface area contributed by atoms with Crippen LogP contribution in [0.3, 0.4) is 0 Å². The second kappa shape index (κ2) is 8.07. The summed E-state index contributed by atoms with van der Waals surface area (Å²) in [5.74, 6) is -0.897. The van der Waals surface area contributed by atoms with Gasteiger partial charge in [0, 0.05) is 12.2 Å². The van der Waals surface area contributed by atoms with Crippen LogP contribution >= 0.6 is 0 Å². The maximum Gasteiger partial charge on any atom is 0.241 e. The Morgan fingerprint density at radius 2 is 1.92 bits per heavy atom. The van der Waals surface area contributed by atoms with Crippen molar-refractivity contribution in [3.05, 3.63) is 59.2 Å². The summed E-state index contributed by atoms with van der Waals surface area (Å²) in [6.07, 6.45) is 0. The number of amides is 1. The van der Waals surface area contributed by atoms with Gasteiger partial charge in [0.2, 0.25) is 5.91 Å². The van der Waals surface area contributed by atoms with Crippen LogP contribution in [0, 0.1) is 18.6 Å². The summed E-state index contributed by atoms with van der Waals surface area (Å²) >= 11 is 0. The lowest BCUT2D eigenvalue weighted by atomic mass is 10.1. The molecule has 0 aliphatic rings. The van der Waals surface area contributed by atoms with Gasteiger partial charge in [-0.3, -0.25) is 9.69 Å². The number of hydrogen-bond acceptors (Lipinski definition) is 3. The van der Waals surface area contributed by atoms with E-state index in [4.69, 9.17) is 4.74 Å². The van der Waals surface area contributed by atoms with Gasteiger partial charge in [-0.05, 0) is 56.3 Å². The van der Waals surface area contributed by atoms with Crippen LogP contribution in [0.4, 0.5) is 14.5 Å². The first-order valence-corrected chi connectivity index (χ1v) is 7.91. The molecule has 0 bridgehead atoms. The Kier molecular flexibility index (Phi) is 6.09. The Hall–Kier alpha value is -2.47. The van der Waals surface area contributed by atoms with E-state index in [1.165, 1.54) is 19.2 Å². The first kappa shape index (κ1) is 18.9. The van der Waals surface area contributed by atoms with Crippen molar-refractivity contribution in [2.45, 2.75) is 26.4 Å². The number of carbonyl (C=O) groups excluding carboxylic acids is 1. The summed E-state index contributed by atoms with van der Waals surface area (Å²) in [6.45, 7) is 3.78. The Labute approximate surface area is 146 Å². The maximum atomic E-state index is 13.8. The van der Waals surface area contributed by atoms with Gasteiger partial charge < -0.3 is 10.1 Å². The lowest BCUT2D eigenvalue weighted by Crippen LogP contribution is -2.39. The van der Waals surface area contributed by atoms with Crippen molar-refractivity contribution >= 4 is 11.6 Å². The van der Waals surface area contributed by atoms with E-state index in [1.807, 2.05) is 0 Å². The fraction of sp³-hybridized carbons (Fsp3) is 0.316. The molecule has 0 saturated carbocycles. The van der Waals surface area contributed by atoms with Crippen LogP contribution in [-0.2, 0) is 11.3 Å². The van der Waals surface area contributed by atoms with E-state index < -0.39 is 11.9 Å². The minimum atomic E-state index is -0.477. The van der Waals surface area contributed by atoms with Gasteiger partial charge in [-0.1, -0.05) is 12.1 Å². The van der Waals surface area contributed by atoms with Crippen LogP contribution in [0.1, 0.15) is 18.1 Å². The molecule has 0 saturated heterocycles. The highest BCUT2D eigenvalue weighted by molar-refractivity contribution is 5.94. The van der Waals surface area contributed by atoms with E-state index >= 15 is 0 Å². The quantitative estimate of drug-likeness (QED) is 0.865. The number of aryl methyl sites for hydroxylation is 1. The third-order valence-electron chi connectivity index (χ3n) is 4.13. The molecule has 0 heterocycles. The predicted octanol–water partition coefficient (Wildman–Crippen LogP) is 3.74. The van der Waals surface area contributed by atoms with Gasteiger partial charge in [-0.15, -0.1) is 0 Å². The zero-order chi connectivity index (χ0) is 18.6. The smallest absolute Gasteiger partial charge is 0.241 e. The number of halogens is 2. The predicted molar refractivity (Wildman–Crippen MR) is 93.6 cm³/mol. The minimum absolute atomic E-state index is 0.179. The highest BCUT2D eigenvalue weighted by atomic mass is 19.1. The molecular weight excluding hydrogens is 326 g/mol. The molecule has 134 valence electrons. The van der Waals surface area contributed by atoms with E-state index in [2.05, 4.69) is 5.32 Å². The minimum Gasteiger partial charge on any atom is -0.494 e. The summed E-state index contributed by atoms with van der Waals surface area (Å²) in [5.41, 5.74) is 1.65. The molecule has 4 nitrogen and oxygen atoms in total. The first-order chi connectivity index (χ1) is 11.8. The van der Waals surface area contributed by atoms with Crippen molar-refractivity contribution < 1.29 is 18.3 Å². The second-order valence-electron chi connectivity index (χ2n) is 6.01. The van der Waals surface area contributed by atoms with Crippen molar-refractivity contribution in [3.8, 4) is 5.75 Å². The Morgan fingerprint density at radius 1 is 1.20 bits per heavy atom. The summed E-state index contributed by atoms with van der Waals surface area (Å²) in [4.78, 5) is 14.1. The second-order valence-corrected chi connectivity index (χ2v) is 6.01. The van der Waals surface area contributed by atoms with Gasteiger partial charge in [-0.2, -0.15) is 0 Å². The Morgan fingerprint density at radius 3 is 2.52 bits per heavy atom. The Balaban J connectivity index is 2.00. The van der Waals surface area contributed by atoms with E-state index in [-0.39, 0.29) is 17.5 Å². The zero-order valence-electron chi connectivity index (χ0n) is 14.8.